The third-order valence-electron chi connectivity index (χ3n) is 2.12. The van der Waals surface area contributed by atoms with E-state index in [4.69, 9.17) is 11.6 Å². The molecule has 1 rings (SSSR count). The van der Waals surface area contributed by atoms with E-state index in [0.29, 0.717) is 12.1 Å². The lowest BCUT2D eigenvalue weighted by Crippen LogP contribution is -2.13. The number of ether oxygens (including phenoxy) is 1. The molecule has 0 aromatic heterocycles. The summed E-state index contributed by atoms with van der Waals surface area (Å²) in [6, 6.07) is 1.16. The number of hydrogen-bond acceptors (Lipinski definition) is 2. The normalized spacial score (nSPS) is 11.4. The molecule has 0 amide bonds. The maximum Gasteiger partial charge on any atom is 0.417 e. The van der Waals surface area contributed by atoms with Crippen molar-refractivity contribution in [2.45, 2.75) is 19.5 Å². The Morgan fingerprint density at radius 1 is 1.39 bits per heavy atom. The van der Waals surface area contributed by atoms with Crippen molar-refractivity contribution in [1.29, 1.82) is 0 Å². The first-order valence-electron chi connectivity index (χ1n) is 4.97. The second kappa shape index (κ2) is 5.56. The van der Waals surface area contributed by atoms with Gasteiger partial charge in [-0.05, 0) is 19.1 Å². The maximum atomic E-state index is 13.4. The summed E-state index contributed by atoms with van der Waals surface area (Å²) >= 11 is 5.48. The first kappa shape index (κ1) is 14.8. The summed E-state index contributed by atoms with van der Waals surface area (Å²) in [7, 11) is 0. The maximum absolute atomic E-state index is 13.4. The van der Waals surface area contributed by atoms with Gasteiger partial charge in [-0.15, -0.1) is 0 Å². The van der Waals surface area contributed by atoms with E-state index in [2.05, 4.69) is 4.74 Å². The van der Waals surface area contributed by atoms with Gasteiger partial charge in [0.15, 0.2) is 0 Å². The first-order valence-corrected chi connectivity index (χ1v) is 5.34. The van der Waals surface area contributed by atoms with Crippen molar-refractivity contribution in [3.8, 4) is 0 Å². The molecule has 1 aromatic carbocycles. The van der Waals surface area contributed by atoms with E-state index in [0.717, 1.165) is 0 Å². The van der Waals surface area contributed by atoms with Crippen LogP contribution in [0.25, 0.3) is 0 Å². The molecule has 0 heterocycles. The highest BCUT2D eigenvalue weighted by atomic mass is 35.5. The zero-order valence-corrected chi connectivity index (χ0v) is 10.0. The lowest BCUT2D eigenvalue weighted by atomic mass is 10.1. The minimum atomic E-state index is -4.70. The summed E-state index contributed by atoms with van der Waals surface area (Å²) in [5, 5.41) is -0.810. The number of carbonyl (C=O) groups is 1. The van der Waals surface area contributed by atoms with Crippen LogP contribution in [0.3, 0.4) is 0 Å². The van der Waals surface area contributed by atoms with E-state index in [9.17, 15) is 22.4 Å². The fourth-order valence-electron chi connectivity index (χ4n) is 1.33. The van der Waals surface area contributed by atoms with Crippen LogP contribution in [0.4, 0.5) is 17.6 Å². The molecule has 0 aliphatic carbocycles. The fourth-order valence-corrected chi connectivity index (χ4v) is 1.66. The van der Waals surface area contributed by atoms with Crippen molar-refractivity contribution >= 4 is 17.6 Å². The quantitative estimate of drug-likeness (QED) is 0.626. The second-order valence-electron chi connectivity index (χ2n) is 3.37. The third-order valence-corrected chi connectivity index (χ3v) is 2.55. The molecule has 0 aliphatic heterocycles. The Labute approximate surface area is 105 Å². The van der Waals surface area contributed by atoms with Gasteiger partial charge in [0, 0.05) is 5.56 Å². The number of carbonyl (C=O) groups excluding carboxylic acids is 1. The number of rotatable bonds is 3. The van der Waals surface area contributed by atoms with E-state index in [1.807, 2.05) is 0 Å². The van der Waals surface area contributed by atoms with Gasteiger partial charge in [-0.2, -0.15) is 13.2 Å². The summed E-state index contributed by atoms with van der Waals surface area (Å²) in [4.78, 5) is 11.1. The molecule has 0 bridgehead atoms. The molecule has 0 aliphatic rings. The largest absolute Gasteiger partial charge is 0.466 e. The summed E-state index contributed by atoms with van der Waals surface area (Å²) in [5.74, 6) is -1.81. The molecule has 0 spiro atoms. The van der Waals surface area contributed by atoms with Crippen LogP contribution in [-0.4, -0.2) is 12.6 Å². The van der Waals surface area contributed by atoms with E-state index in [1.165, 1.54) is 6.92 Å². The van der Waals surface area contributed by atoms with Crippen LogP contribution < -0.4 is 0 Å². The number of benzene rings is 1. The van der Waals surface area contributed by atoms with Crippen LogP contribution in [0.5, 0.6) is 0 Å². The number of hydrogen-bond donors (Lipinski definition) is 0. The van der Waals surface area contributed by atoms with Gasteiger partial charge in [-0.25, -0.2) is 4.39 Å². The van der Waals surface area contributed by atoms with Crippen LogP contribution >= 0.6 is 11.6 Å². The van der Waals surface area contributed by atoms with E-state index in [-0.39, 0.29) is 6.61 Å². The number of halogens is 5. The van der Waals surface area contributed by atoms with Gasteiger partial charge in [0.1, 0.15) is 5.82 Å². The molecular weight excluding hydrogens is 276 g/mol. The summed E-state index contributed by atoms with van der Waals surface area (Å²) in [6.07, 6.45) is -5.34. The Morgan fingerprint density at radius 2 is 2.00 bits per heavy atom. The highest BCUT2D eigenvalue weighted by Gasteiger charge is 2.35. The molecule has 0 saturated heterocycles. The van der Waals surface area contributed by atoms with Crippen molar-refractivity contribution in [2.24, 2.45) is 0 Å². The Morgan fingerprint density at radius 3 is 2.50 bits per heavy atom. The molecule has 0 unspecified atom stereocenters. The van der Waals surface area contributed by atoms with Crippen LogP contribution in [0.15, 0.2) is 12.1 Å². The molecule has 18 heavy (non-hydrogen) atoms. The summed E-state index contributed by atoms with van der Waals surface area (Å²) in [6.45, 7) is 1.58. The molecule has 0 radical (unpaired) electrons. The topological polar surface area (TPSA) is 26.3 Å². The lowest BCUT2D eigenvalue weighted by molar-refractivity contribution is -0.142. The second-order valence-corrected chi connectivity index (χ2v) is 3.75. The van der Waals surface area contributed by atoms with Crippen LogP contribution in [0.1, 0.15) is 18.1 Å². The predicted molar refractivity (Wildman–Crippen MR) is 56.7 cm³/mol. The Kier molecular flexibility index (Phi) is 4.56. The zero-order chi connectivity index (χ0) is 13.9. The SMILES string of the molecule is CCOC(=O)Cc1c(F)ccc(C(F)(F)F)c1Cl. The summed E-state index contributed by atoms with van der Waals surface area (Å²) in [5.41, 5.74) is -1.69. The first-order chi connectivity index (χ1) is 8.27. The molecule has 1 aromatic rings. The molecule has 0 atom stereocenters. The van der Waals surface area contributed by atoms with Crippen molar-refractivity contribution < 1.29 is 27.1 Å². The van der Waals surface area contributed by atoms with Gasteiger partial charge in [0.2, 0.25) is 0 Å². The molecule has 2 nitrogen and oxygen atoms in total. The highest BCUT2D eigenvalue weighted by Crippen LogP contribution is 2.37. The average Bonchev–Trinajstić information content (AvgIpc) is 2.22. The Balaban J connectivity index is 3.15. The fraction of sp³-hybridized carbons (Fsp3) is 0.364. The molecule has 0 N–H and O–H groups in total. The summed E-state index contributed by atoms with van der Waals surface area (Å²) < 4.78 is 55.5. The van der Waals surface area contributed by atoms with Gasteiger partial charge in [-0.1, -0.05) is 11.6 Å². The lowest BCUT2D eigenvalue weighted by Gasteiger charge is -2.12. The third kappa shape index (κ3) is 3.35. The van der Waals surface area contributed by atoms with Crippen molar-refractivity contribution in [3.05, 3.63) is 34.1 Å². The molecule has 100 valence electrons. The van der Waals surface area contributed by atoms with E-state index >= 15 is 0 Å². The Hall–Kier alpha value is -1.30. The highest BCUT2D eigenvalue weighted by molar-refractivity contribution is 6.32. The Bertz CT molecular complexity index is 457. The molecular formula is C11H9ClF4O2. The monoisotopic (exact) mass is 284 g/mol. The minimum Gasteiger partial charge on any atom is -0.466 e. The van der Waals surface area contributed by atoms with Crippen LogP contribution in [0, 0.1) is 5.82 Å². The molecule has 0 saturated carbocycles. The molecule has 0 fully saturated rings. The minimum absolute atomic E-state index is 0.0526. The predicted octanol–water partition coefficient (Wildman–Crippen LogP) is 3.60. The standard InChI is InChI=1S/C11H9ClF4O2/c1-2-18-9(17)5-6-8(13)4-3-7(10(6)12)11(14,15)16/h3-4H,2,5H2,1H3. The zero-order valence-electron chi connectivity index (χ0n) is 9.28. The van der Waals surface area contributed by atoms with Crippen molar-refractivity contribution in [2.75, 3.05) is 6.61 Å². The van der Waals surface area contributed by atoms with Gasteiger partial charge < -0.3 is 4.74 Å². The molecule has 7 heteroatoms. The smallest absolute Gasteiger partial charge is 0.417 e. The average molecular weight is 285 g/mol. The van der Waals surface area contributed by atoms with Gasteiger partial charge >= 0.3 is 12.1 Å². The van der Waals surface area contributed by atoms with Crippen LogP contribution in [0.2, 0.25) is 5.02 Å². The van der Waals surface area contributed by atoms with Crippen LogP contribution in [-0.2, 0) is 22.1 Å². The van der Waals surface area contributed by atoms with E-state index < -0.39 is 40.5 Å². The number of esters is 1. The van der Waals surface area contributed by atoms with E-state index in [1.54, 1.807) is 0 Å². The van der Waals surface area contributed by atoms with Gasteiger partial charge in [0.25, 0.3) is 0 Å². The van der Waals surface area contributed by atoms with Gasteiger partial charge in [-0.3, -0.25) is 4.79 Å². The van der Waals surface area contributed by atoms with Crippen molar-refractivity contribution in [3.63, 3.8) is 0 Å². The number of alkyl halides is 3. The van der Waals surface area contributed by atoms with Crippen molar-refractivity contribution in [1.82, 2.24) is 0 Å². The van der Waals surface area contributed by atoms with Gasteiger partial charge in [0.05, 0.1) is 23.6 Å².